The molecule has 2 atom stereocenters. The zero-order chi connectivity index (χ0) is 13.9. The zero-order valence-electron chi connectivity index (χ0n) is 11.8. The molecule has 2 aromatic rings. The summed E-state index contributed by atoms with van der Waals surface area (Å²) in [4.78, 5) is 1.25. The number of nitrogens with one attached hydrogen (secondary N) is 1. The van der Waals surface area contributed by atoms with Crippen molar-refractivity contribution in [3.63, 3.8) is 0 Å². The van der Waals surface area contributed by atoms with Gasteiger partial charge in [0.05, 0.1) is 17.2 Å². The van der Waals surface area contributed by atoms with Gasteiger partial charge in [-0.25, -0.2) is 0 Å². The van der Waals surface area contributed by atoms with Crippen molar-refractivity contribution in [1.82, 2.24) is 14.9 Å². The summed E-state index contributed by atoms with van der Waals surface area (Å²) in [6.07, 6.45) is 2.13. The summed E-state index contributed by atoms with van der Waals surface area (Å²) in [7, 11) is 2.01. The fraction of sp³-hybridized carbons (Fsp3) is 0.467. The maximum absolute atomic E-state index is 5.74. The van der Waals surface area contributed by atoms with Crippen molar-refractivity contribution in [2.24, 2.45) is 0 Å². The van der Waals surface area contributed by atoms with E-state index in [2.05, 4.69) is 33.1 Å². The molecule has 0 bridgehead atoms. The van der Waals surface area contributed by atoms with Crippen LogP contribution in [0.15, 0.2) is 24.3 Å². The smallest absolute Gasteiger partial charge is 0.122 e. The van der Waals surface area contributed by atoms with Crippen molar-refractivity contribution in [3.05, 3.63) is 40.4 Å². The Balaban J connectivity index is 1.82. The largest absolute Gasteiger partial charge is 0.493 e. The molecule has 5 heteroatoms. The summed E-state index contributed by atoms with van der Waals surface area (Å²) >= 11 is 1.50. The third-order valence-corrected chi connectivity index (χ3v) is 4.89. The lowest BCUT2D eigenvalue weighted by molar-refractivity contribution is 0.256. The van der Waals surface area contributed by atoms with Crippen molar-refractivity contribution >= 4 is 11.5 Å². The average molecular weight is 289 g/mol. The Labute approximate surface area is 123 Å². The molecule has 2 unspecified atom stereocenters. The van der Waals surface area contributed by atoms with Crippen molar-refractivity contribution < 1.29 is 4.74 Å². The Hall–Kier alpha value is -1.46. The molecule has 0 spiro atoms. The molecule has 1 aromatic carbocycles. The highest BCUT2D eigenvalue weighted by molar-refractivity contribution is 7.05. The van der Waals surface area contributed by atoms with Crippen LogP contribution in [0.1, 0.15) is 40.9 Å². The summed E-state index contributed by atoms with van der Waals surface area (Å²) in [6, 6.07) is 8.69. The molecule has 4 nitrogen and oxygen atoms in total. The van der Waals surface area contributed by atoms with E-state index in [1.54, 1.807) is 0 Å². The highest BCUT2D eigenvalue weighted by atomic mass is 32.1. The molecule has 0 amide bonds. The molecule has 3 rings (SSSR count). The van der Waals surface area contributed by atoms with Gasteiger partial charge >= 0.3 is 0 Å². The standard InChI is InChI=1S/C15H19N3OS/c1-10-15(20-18-17-10)13(16-2)9-11-7-8-19-14-6-4-3-5-12(11)14/h3-6,11,13,16H,7-9H2,1-2H3. The van der Waals surface area contributed by atoms with Gasteiger partial charge in [-0.05, 0) is 55.9 Å². The quantitative estimate of drug-likeness (QED) is 0.939. The second-order valence-corrected chi connectivity index (χ2v) is 5.96. The van der Waals surface area contributed by atoms with Gasteiger partial charge in [0.2, 0.25) is 0 Å². The normalized spacial score (nSPS) is 19.2. The predicted octanol–water partition coefficient (Wildman–Crippen LogP) is 3.06. The van der Waals surface area contributed by atoms with Crippen molar-refractivity contribution in [1.29, 1.82) is 0 Å². The van der Waals surface area contributed by atoms with Gasteiger partial charge in [0.1, 0.15) is 5.75 Å². The van der Waals surface area contributed by atoms with Crippen LogP contribution in [0.4, 0.5) is 0 Å². The summed E-state index contributed by atoms with van der Waals surface area (Å²) in [5.41, 5.74) is 2.36. The second kappa shape index (κ2) is 5.89. The van der Waals surface area contributed by atoms with Crippen molar-refractivity contribution in [2.75, 3.05) is 13.7 Å². The van der Waals surface area contributed by atoms with Crippen molar-refractivity contribution in [3.8, 4) is 5.75 Å². The van der Waals surface area contributed by atoms with E-state index in [0.29, 0.717) is 12.0 Å². The number of hydrogen-bond donors (Lipinski definition) is 1. The maximum Gasteiger partial charge on any atom is 0.122 e. The van der Waals surface area contributed by atoms with E-state index < -0.39 is 0 Å². The van der Waals surface area contributed by atoms with Gasteiger partial charge in [0.25, 0.3) is 0 Å². The number of fused-ring (bicyclic) bond motifs is 1. The third kappa shape index (κ3) is 2.55. The van der Waals surface area contributed by atoms with Crippen LogP contribution in [0.25, 0.3) is 0 Å². The Morgan fingerprint density at radius 1 is 1.45 bits per heavy atom. The highest BCUT2D eigenvalue weighted by Gasteiger charge is 2.26. The molecule has 1 aliphatic heterocycles. The molecule has 1 aliphatic rings. The first kappa shape index (κ1) is 13.5. The minimum atomic E-state index is 0.311. The van der Waals surface area contributed by atoms with Crippen LogP contribution in [0.5, 0.6) is 5.75 Å². The van der Waals surface area contributed by atoms with E-state index in [-0.39, 0.29) is 0 Å². The summed E-state index contributed by atoms with van der Waals surface area (Å²) in [5, 5.41) is 7.54. The van der Waals surface area contributed by atoms with Gasteiger partial charge in [0.15, 0.2) is 0 Å². The summed E-state index contributed by atoms with van der Waals surface area (Å²) in [5.74, 6) is 1.57. The van der Waals surface area contributed by atoms with E-state index in [1.807, 2.05) is 20.0 Å². The van der Waals surface area contributed by atoms with Gasteiger partial charge in [-0.2, -0.15) is 0 Å². The van der Waals surface area contributed by atoms with Crippen molar-refractivity contribution in [2.45, 2.75) is 31.7 Å². The second-order valence-electron chi connectivity index (χ2n) is 5.17. The SMILES string of the molecule is CNC(CC1CCOc2ccccc21)c1snnc1C. The molecule has 0 saturated carbocycles. The number of hydrogen-bond acceptors (Lipinski definition) is 5. The van der Waals surface area contributed by atoms with Gasteiger partial charge in [-0.3, -0.25) is 0 Å². The fourth-order valence-electron chi connectivity index (χ4n) is 2.86. The maximum atomic E-state index is 5.74. The van der Waals surface area contributed by atoms with Gasteiger partial charge in [0, 0.05) is 6.04 Å². The van der Waals surface area contributed by atoms with Crippen LogP contribution in [-0.2, 0) is 0 Å². The molecule has 0 fully saturated rings. The van der Waals surface area contributed by atoms with Crippen LogP contribution in [0.2, 0.25) is 0 Å². The molecule has 0 saturated heterocycles. The number of nitrogens with zero attached hydrogens (tertiary/aromatic N) is 2. The molecule has 0 aliphatic carbocycles. The lowest BCUT2D eigenvalue weighted by atomic mass is 9.87. The lowest BCUT2D eigenvalue weighted by Crippen LogP contribution is -2.22. The predicted molar refractivity (Wildman–Crippen MR) is 80.4 cm³/mol. The first-order valence-electron chi connectivity index (χ1n) is 6.97. The number of aryl methyl sites for hydroxylation is 1. The molecule has 20 heavy (non-hydrogen) atoms. The molecule has 106 valence electrons. The molecule has 1 N–H and O–H groups in total. The Bertz CT molecular complexity index is 584. The Morgan fingerprint density at radius 3 is 3.05 bits per heavy atom. The number of para-hydroxylation sites is 1. The van der Waals surface area contributed by atoms with Gasteiger partial charge in [-0.1, -0.05) is 22.7 Å². The fourth-order valence-corrected chi connectivity index (χ4v) is 3.62. The molecule has 0 radical (unpaired) electrons. The first-order chi connectivity index (χ1) is 9.79. The Morgan fingerprint density at radius 2 is 2.30 bits per heavy atom. The molecular weight excluding hydrogens is 270 g/mol. The molecule has 2 heterocycles. The monoisotopic (exact) mass is 289 g/mol. The van der Waals surface area contributed by atoms with E-state index >= 15 is 0 Å². The zero-order valence-corrected chi connectivity index (χ0v) is 12.6. The topological polar surface area (TPSA) is 47.0 Å². The minimum Gasteiger partial charge on any atom is -0.493 e. The first-order valence-corrected chi connectivity index (χ1v) is 7.74. The van der Waals surface area contributed by atoms with Crippen LogP contribution in [-0.4, -0.2) is 23.2 Å². The van der Waals surface area contributed by atoms with Gasteiger partial charge in [-0.15, -0.1) is 5.10 Å². The van der Waals surface area contributed by atoms with Crippen LogP contribution < -0.4 is 10.1 Å². The summed E-state index contributed by atoms with van der Waals surface area (Å²) in [6.45, 7) is 2.83. The molecule has 1 aromatic heterocycles. The average Bonchev–Trinajstić information content (AvgIpc) is 2.91. The number of aromatic nitrogens is 2. The van der Waals surface area contributed by atoms with E-state index in [0.717, 1.165) is 30.9 Å². The Kier molecular flexibility index (Phi) is 3.98. The number of rotatable bonds is 4. The van der Waals surface area contributed by atoms with E-state index in [4.69, 9.17) is 4.74 Å². The molecular formula is C15H19N3OS. The lowest BCUT2D eigenvalue weighted by Gasteiger charge is -2.28. The van der Waals surface area contributed by atoms with E-state index in [9.17, 15) is 0 Å². The highest BCUT2D eigenvalue weighted by Crippen LogP contribution is 2.39. The minimum absolute atomic E-state index is 0.311. The van der Waals surface area contributed by atoms with Crippen LogP contribution in [0.3, 0.4) is 0 Å². The van der Waals surface area contributed by atoms with Crippen LogP contribution >= 0.6 is 11.5 Å². The number of benzene rings is 1. The van der Waals surface area contributed by atoms with Gasteiger partial charge < -0.3 is 10.1 Å². The van der Waals surface area contributed by atoms with E-state index in [1.165, 1.54) is 22.0 Å². The number of ether oxygens (including phenoxy) is 1. The van der Waals surface area contributed by atoms with Crippen LogP contribution in [0, 0.1) is 6.92 Å². The summed E-state index contributed by atoms with van der Waals surface area (Å²) < 4.78 is 9.80. The third-order valence-electron chi connectivity index (χ3n) is 3.95.